The van der Waals surface area contributed by atoms with Crippen molar-refractivity contribution in [1.29, 1.82) is 0 Å². The third-order valence-corrected chi connectivity index (χ3v) is 6.81. The van der Waals surface area contributed by atoms with Crippen molar-refractivity contribution in [3.8, 4) is 17.2 Å². The number of carboxylic acid groups (broad SMARTS) is 1. The van der Waals surface area contributed by atoms with Crippen molar-refractivity contribution in [2.24, 2.45) is 5.92 Å². The number of aliphatic hydroxyl groups excluding tert-OH is 1. The summed E-state index contributed by atoms with van der Waals surface area (Å²) in [5.74, 6) is 0.853. The second kappa shape index (κ2) is 8.76. The van der Waals surface area contributed by atoms with Crippen LogP contribution in [0.2, 0.25) is 0 Å². The van der Waals surface area contributed by atoms with E-state index >= 15 is 0 Å². The molecule has 2 aliphatic heterocycles. The van der Waals surface area contributed by atoms with Crippen LogP contribution in [0.5, 0.6) is 17.2 Å². The standard InChI is InChI=1S/C26H31NO7/c1-14(17-5-4-6-19-21(17)22-23(25(29)30)24(22)34-19)31-12-16(28)11-27-26(2,3)10-15-7-8-18-20(9-15)33-13-32-18/h4-9,14,16,22-24,27-28H,10-13H2,1-3H3,(H,29,30)/t14-,16-,22+,23+,24+/m1/s1. The fraction of sp³-hybridized carbons (Fsp3) is 0.500. The van der Waals surface area contributed by atoms with E-state index in [1.165, 1.54) is 0 Å². The van der Waals surface area contributed by atoms with Crippen molar-refractivity contribution >= 4 is 5.97 Å². The van der Waals surface area contributed by atoms with E-state index in [1.54, 1.807) is 0 Å². The molecule has 0 bridgehead atoms. The van der Waals surface area contributed by atoms with Crippen LogP contribution in [0.15, 0.2) is 36.4 Å². The van der Waals surface area contributed by atoms with Crippen LogP contribution < -0.4 is 19.5 Å². The van der Waals surface area contributed by atoms with Gasteiger partial charge in [0.05, 0.1) is 18.8 Å². The lowest BCUT2D eigenvalue weighted by molar-refractivity contribution is -0.139. The zero-order valence-electron chi connectivity index (χ0n) is 19.6. The Bertz CT molecular complexity index is 1080. The third-order valence-electron chi connectivity index (χ3n) is 6.81. The van der Waals surface area contributed by atoms with Gasteiger partial charge < -0.3 is 34.5 Å². The first-order valence-electron chi connectivity index (χ1n) is 11.7. The molecule has 1 fully saturated rings. The van der Waals surface area contributed by atoms with E-state index < -0.39 is 18.0 Å². The number of ether oxygens (including phenoxy) is 4. The van der Waals surface area contributed by atoms with E-state index in [0.717, 1.165) is 40.4 Å². The van der Waals surface area contributed by atoms with Gasteiger partial charge in [0.1, 0.15) is 17.8 Å². The van der Waals surface area contributed by atoms with Gasteiger partial charge in [0, 0.05) is 23.6 Å². The number of β-amino-alcohol motifs (C(OH)–C–C–N with tert-alkyl or cyclic N) is 1. The largest absolute Gasteiger partial charge is 0.489 e. The van der Waals surface area contributed by atoms with Crippen LogP contribution in [0.4, 0.5) is 0 Å². The van der Waals surface area contributed by atoms with Crippen LogP contribution in [-0.2, 0) is 16.0 Å². The number of carbonyl (C=O) groups is 1. The van der Waals surface area contributed by atoms with Crippen LogP contribution >= 0.6 is 0 Å². The first-order chi connectivity index (χ1) is 16.2. The van der Waals surface area contributed by atoms with Crippen molar-refractivity contribution in [3.63, 3.8) is 0 Å². The van der Waals surface area contributed by atoms with E-state index in [4.69, 9.17) is 18.9 Å². The number of hydrogen-bond acceptors (Lipinski definition) is 7. The lowest BCUT2D eigenvalue weighted by atomic mass is 9.94. The minimum absolute atomic E-state index is 0.113. The first-order valence-corrected chi connectivity index (χ1v) is 11.7. The van der Waals surface area contributed by atoms with E-state index in [2.05, 4.69) is 19.2 Å². The summed E-state index contributed by atoms with van der Waals surface area (Å²) < 4.78 is 22.6. The van der Waals surface area contributed by atoms with Gasteiger partial charge in [-0.1, -0.05) is 18.2 Å². The van der Waals surface area contributed by atoms with Crippen molar-refractivity contribution in [3.05, 3.63) is 53.1 Å². The Morgan fingerprint density at radius 1 is 1.21 bits per heavy atom. The van der Waals surface area contributed by atoms with Crippen LogP contribution in [0.3, 0.4) is 0 Å². The normalized spacial score (nSPS) is 23.6. The van der Waals surface area contributed by atoms with Gasteiger partial charge in [-0.15, -0.1) is 0 Å². The van der Waals surface area contributed by atoms with Gasteiger partial charge in [-0.3, -0.25) is 4.79 Å². The highest BCUT2D eigenvalue weighted by molar-refractivity contribution is 5.79. The predicted octanol–water partition coefficient (Wildman–Crippen LogP) is 3.02. The number of carboxylic acids is 1. The summed E-state index contributed by atoms with van der Waals surface area (Å²) >= 11 is 0. The van der Waals surface area contributed by atoms with Gasteiger partial charge in [0.15, 0.2) is 11.5 Å². The van der Waals surface area contributed by atoms with Gasteiger partial charge >= 0.3 is 5.97 Å². The predicted molar refractivity (Wildman–Crippen MR) is 123 cm³/mol. The first kappa shape index (κ1) is 23.0. The topological polar surface area (TPSA) is 106 Å². The van der Waals surface area contributed by atoms with Gasteiger partial charge in [-0.2, -0.15) is 0 Å². The number of nitrogens with one attached hydrogen (secondary N) is 1. The van der Waals surface area contributed by atoms with E-state index in [-0.39, 0.29) is 37.1 Å². The smallest absolute Gasteiger partial charge is 0.311 e. The number of aliphatic hydroxyl groups is 1. The Morgan fingerprint density at radius 2 is 2.00 bits per heavy atom. The molecule has 1 aliphatic carbocycles. The Hall–Kier alpha value is -2.81. The molecule has 3 N–H and O–H groups in total. The minimum atomic E-state index is -0.825. The van der Waals surface area contributed by atoms with Gasteiger partial charge in [-0.25, -0.2) is 0 Å². The van der Waals surface area contributed by atoms with Crippen LogP contribution in [0, 0.1) is 5.92 Å². The highest BCUT2D eigenvalue weighted by atomic mass is 16.7. The second-order valence-electron chi connectivity index (χ2n) is 9.99. The SMILES string of the molecule is C[C@@H](OC[C@H](O)CNC(C)(C)Cc1ccc2c(c1)OCO2)c1cccc2c1[C@@H]1[C@H](O2)[C@H]1C(=O)O. The number of aliphatic carboxylic acids is 1. The lowest BCUT2D eigenvalue weighted by Crippen LogP contribution is -2.46. The Labute approximate surface area is 198 Å². The van der Waals surface area contributed by atoms with Crippen molar-refractivity contribution < 1.29 is 34.0 Å². The molecule has 8 heteroatoms. The molecule has 0 amide bonds. The summed E-state index contributed by atoms with van der Waals surface area (Å²) in [4.78, 5) is 11.4. The summed E-state index contributed by atoms with van der Waals surface area (Å²) in [5, 5.41) is 23.4. The second-order valence-corrected chi connectivity index (χ2v) is 9.99. The fourth-order valence-corrected chi connectivity index (χ4v) is 5.01. The number of benzene rings is 2. The molecule has 5 rings (SSSR count). The average Bonchev–Trinajstić information content (AvgIpc) is 3.12. The maximum Gasteiger partial charge on any atom is 0.311 e. The third kappa shape index (κ3) is 4.45. The van der Waals surface area contributed by atoms with Crippen molar-refractivity contribution in [2.75, 3.05) is 19.9 Å². The maximum atomic E-state index is 11.4. The number of rotatable bonds is 10. The molecular formula is C26H31NO7. The molecule has 3 aliphatic rings. The molecule has 2 heterocycles. The van der Waals surface area contributed by atoms with Gasteiger partial charge in [0.2, 0.25) is 6.79 Å². The van der Waals surface area contributed by atoms with E-state index in [9.17, 15) is 15.0 Å². The number of fused-ring (bicyclic) bond motifs is 4. The molecule has 0 unspecified atom stereocenters. The molecule has 0 aromatic heterocycles. The molecule has 8 nitrogen and oxygen atoms in total. The summed E-state index contributed by atoms with van der Waals surface area (Å²) in [6, 6.07) is 11.7. The molecule has 0 spiro atoms. The highest BCUT2D eigenvalue weighted by Crippen LogP contribution is 2.60. The van der Waals surface area contributed by atoms with Gasteiger partial charge in [0.25, 0.3) is 0 Å². The quantitative estimate of drug-likeness (QED) is 0.488. The Morgan fingerprint density at radius 3 is 2.79 bits per heavy atom. The molecule has 0 saturated heterocycles. The molecule has 1 saturated carbocycles. The molecule has 2 aromatic rings. The fourth-order valence-electron chi connectivity index (χ4n) is 5.01. The summed E-state index contributed by atoms with van der Waals surface area (Å²) in [7, 11) is 0. The summed E-state index contributed by atoms with van der Waals surface area (Å²) in [6.45, 7) is 6.90. The van der Waals surface area contributed by atoms with Gasteiger partial charge in [-0.05, 0) is 56.5 Å². The highest BCUT2D eigenvalue weighted by Gasteiger charge is 2.63. The Kier molecular flexibility index (Phi) is 5.91. The molecule has 2 aromatic carbocycles. The number of hydrogen-bond donors (Lipinski definition) is 3. The van der Waals surface area contributed by atoms with E-state index in [1.807, 2.05) is 43.3 Å². The summed E-state index contributed by atoms with van der Waals surface area (Å²) in [5.41, 5.74) is 2.74. The van der Waals surface area contributed by atoms with Crippen LogP contribution in [0.1, 0.15) is 49.5 Å². The zero-order valence-corrected chi connectivity index (χ0v) is 19.6. The molecule has 5 atom stereocenters. The van der Waals surface area contributed by atoms with E-state index in [0.29, 0.717) is 6.54 Å². The van der Waals surface area contributed by atoms with Crippen LogP contribution in [0.25, 0.3) is 0 Å². The Balaban J connectivity index is 1.13. The van der Waals surface area contributed by atoms with Crippen LogP contribution in [-0.4, -0.2) is 53.9 Å². The molecule has 34 heavy (non-hydrogen) atoms. The van der Waals surface area contributed by atoms with Crippen molar-refractivity contribution in [2.45, 2.75) is 57.0 Å². The lowest BCUT2D eigenvalue weighted by Gasteiger charge is -2.28. The monoisotopic (exact) mass is 469 g/mol. The minimum Gasteiger partial charge on any atom is -0.489 e. The molecular weight excluding hydrogens is 438 g/mol. The van der Waals surface area contributed by atoms with Crippen molar-refractivity contribution in [1.82, 2.24) is 5.32 Å². The summed E-state index contributed by atoms with van der Waals surface area (Å²) in [6.07, 6.45) is -0.491. The zero-order chi connectivity index (χ0) is 24.0. The molecule has 0 radical (unpaired) electrons. The average molecular weight is 470 g/mol. The molecule has 182 valence electrons. The maximum absolute atomic E-state index is 11.4.